The zero-order valence-electron chi connectivity index (χ0n) is 25.6. The lowest BCUT2D eigenvalue weighted by molar-refractivity contribution is -0.274. The van der Waals surface area contributed by atoms with E-state index in [0.717, 1.165) is 38.2 Å². The molecule has 0 unspecified atom stereocenters. The highest BCUT2D eigenvalue weighted by atomic mass is 19.4. The van der Waals surface area contributed by atoms with Crippen molar-refractivity contribution in [2.75, 3.05) is 6.54 Å². The first-order valence-corrected chi connectivity index (χ1v) is 15.1. The summed E-state index contributed by atoms with van der Waals surface area (Å²) >= 11 is 0. The first-order chi connectivity index (χ1) is 20.6. The number of Topliss-reactive ketones (excluding diaryl/α,β-unsaturated/α-hetero) is 1. The predicted molar refractivity (Wildman–Crippen MR) is 153 cm³/mol. The number of aryl methyl sites for hydroxylation is 1. The Bertz CT molecular complexity index is 1430. The van der Waals surface area contributed by atoms with Gasteiger partial charge in [0.05, 0.1) is 23.6 Å². The van der Waals surface area contributed by atoms with Gasteiger partial charge in [-0.25, -0.2) is 14.8 Å². The van der Waals surface area contributed by atoms with E-state index in [9.17, 15) is 27.6 Å². The molecule has 5 rings (SSSR count). The van der Waals surface area contributed by atoms with Gasteiger partial charge in [0.2, 0.25) is 11.8 Å². The van der Waals surface area contributed by atoms with Crippen molar-refractivity contribution in [3.63, 3.8) is 0 Å². The smallest absolute Gasteiger partial charge is 0.471 e. The number of nitrogens with zero attached hydrogens (tertiary/aromatic N) is 3. The number of hydrogen-bond acceptors (Lipinski definition) is 8. The normalized spacial score (nSPS) is 28.5. The van der Waals surface area contributed by atoms with Gasteiger partial charge in [0.15, 0.2) is 5.78 Å². The number of alkyl halides is 3. The molecule has 240 valence electrons. The molecule has 10 nitrogen and oxygen atoms in total. The molecule has 1 aliphatic carbocycles. The lowest BCUT2D eigenvalue weighted by atomic mass is 9.85. The van der Waals surface area contributed by atoms with Crippen LogP contribution in [0.15, 0.2) is 18.2 Å². The number of hydrogen-bond donors (Lipinski definition) is 1. The second-order valence-electron chi connectivity index (χ2n) is 13.2. The predicted octanol–water partition coefficient (Wildman–Crippen LogP) is 5.36. The van der Waals surface area contributed by atoms with Crippen LogP contribution in [0, 0.1) is 17.3 Å². The van der Waals surface area contributed by atoms with Crippen LogP contribution in [-0.2, 0) is 20.7 Å². The van der Waals surface area contributed by atoms with Gasteiger partial charge in [-0.15, -0.1) is 13.2 Å². The van der Waals surface area contributed by atoms with Crippen LogP contribution in [0.3, 0.4) is 0 Å². The van der Waals surface area contributed by atoms with Crippen molar-refractivity contribution in [3.05, 3.63) is 23.9 Å². The highest BCUT2D eigenvalue weighted by Gasteiger charge is 2.49. The molecule has 1 aromatic carbocycles. The number of carbonyl (C=O) groups is 3. The van der Waals surface area contributed by atoms with Gasteiger partial charge in [-0.2, -0.15) is 0 Å². The second-order valence-corrected chi connectivity index (χ2v) is 13.2. The number of carbonyl (C=O) groups excluding carboxylic acids is 3. The summed E-state index contributed by atoms with van der Waals surface area (Å²) in [5.41, 5.74) is 0.400. The summed E-state index contributed by atoms with van der Waals surface area (Å²) in [6.07, 6.45) is -1.65. The zero-order valence-corrected chi connectivity index (χ0v) is 25.6. The fourth-order valence-corrected chi connectivity index (χ4v) is 6.22. The lowest BCUT2D eigenvalue weighted by Crippen LogP contribution is -2.57. The molecular formula is C31H39F3N4O6. The van der Waals surface area contributed by atoms with Crippen LogP contribution in [-0.4, -0.2) is 69.9 Å². The number of ether oxygens (including phenoxy) is 3. The maximum atomic E-state index is 14.0. The van der Waals surface area contributed by atoms with E-state index in [1.165, 1.54) is 24.0 Å². The van der Waals surface area contributed by atoms with Crippen molar-refractivity contribution in [2.45, 2.75) is 104 Å². The van der Waals surface area contributed by atoms with Crippen molar-refractivity contribution in [1.82, 2.24) is 20.2 Å². The summed E-state index contributed by atoms with van der Waals surface area (Å²) in [6.45, 7) is 8.72. The fraction of sp³-hybridized carbons (Fsp3) is 0.645. The number of fused-ring (bicyclic) bond motifs is 5. The fourth-order valence-electron chi connectivity index (χ4n) is 6.22. The molecule has 0 radical (unpaired) electrons. The topological polar surface area (TPSA) is 120 Å². The number of rotatable bonds is 2. The SMILES string of the molecule is CC(=O)[C@@H]1[C@H](C)[C@@H]2CN1C(=O)[C@H](C(C)(C)C)NC(=O)O[C@@H]1C[C@H]1CCCCCc1nc3ccc(OC(F)(F)F)cc3nc1O2. The summed E-state index contributed by atoms with van der Waals surface area (Å²) < 4.78 is 54.8. The van der Waals surface area contributed by atoms with E-state index in [1.807, 2.05) is 20.8 Å². The van der Waals surface area contributed by atoms with Crippen LogP contribution < -0.4 is 14.8 Å². The summed E-state index contributed by atoms with van der Waals surface area (Å²) in [7, 11) is 0. The first-order valence-electron chi connectivity index (χ1n) is 15.1. The van der Waals surface area contributed by atoms with Crippen molar-refractivity contribution >= 4 is 28.8 Å². The minimum Gasteiger partial charge on any atom is -0.471 e. The van der Waals surface area contributed by atoms with Crippen molar-refractivity contribution < 1.29 is 41.8 Å². The van der Waals surface area contributed by atoms with E-state index in [-0.39, 0.29) is 35.7 Å². The molecule has 2 aromatic rings. The highest BCUT2D eigenvalue weighted by Crippen LogP contribution is 2.39. The number of alkyl carbamates (subject to hydrolysis) is 1. The maximum Gasteiger partial charge on any atom is 0.573 e. The number of nitrogens with one attached hydrogen (secondary N) is 1. The summed E-state index contributed by atoms with van der Waals surface area (Å²) in [4.78, 5) is 50.5. The molecule has 44 heavy (non-hydrogen) atoms. The molecule has 2 fully saturated rings. The molecule has 13 heteroatoms. The van der Waals surface area contributed by atoms with Crippen molar-refractivity contribution in [3.8, 4) is 11.6 Å². The molecule has 2 amide bonds. The molecular weight excluding hydrogens is 581 g/mol. The molecule has 1 N–H and O–H groups in total. The zero-order chi connectivity index (χ0) is 32.0. The third-order valence-corrected chi connectivity index (χ3v) is 8.64. The van der Waals surface area contributed by atoms with Gasteiger partial charge < -0.3 is 24.4 Å². The third kappa shape index (κ3) is 7.18. The number of halogens is 3. The van der Waals surface area contributed by atoms with E-state index in [1.54, 1.807) is 6.92 Å². The Balaban J connectivity index is 1.51. The molecule has 3 heterocycles. The minimum absolute atomic E-state index is 0.0363. The highest BCUT2D eigenvalue weighted by molar-refractivity contribution is 5.92. The largest absolute Gasteiger partial charge is 0.573 e. The standard InChI is InChI=1S/C31H39F3N4O6/c1-16-24-15-38(25(16)17(2)39)28(40)26(30(3,4)5)37-29(41)43-23-13-18(23)9-7-6-8-10-21-27(42-24)36-22-14-19(44-31(32,33)34)11-12-20(22)35-21/h11-12,14,16,18,23-26H,6-10,13,15H2,1-5H3,(H,37,41)/t16-,18-,23-,24+,25+,26-/m1/s1. The lowest BCUT2D eigenvalue weighted by Gasteiger charge is -2.35. The summed E-state index contributed by atoms with van der Waals surface area (Å²) in [6, 6.07) is 1.98. The van der Waals surface area contributed by atoms with Gasteiger partial charge in [-0.05, 0) is 56.1 Å². The molecule has 0 spiro atoms. The van der Waals surface area contributed by atoms with Crippen molar-refractivity contribution in [1.29, 1.82) is 0 Å². The average Bonchev–Trinajstić information content (AvgIpc) is 3.55. The van der Waals surface area contributed by atoms with Crippen LogP contribution in [0.4, 0.5) is 18.0 Å². The Hall–Kier alpha value is -3.64. The molecule has 6 atom stereocenters. The maximum absolute atomic E-state index is 14.0. The van der Waals surface area contributed by atoms with E-state index in [2.05, 4.69) is 15.0 Å². The Labute approximate surface area is 254 Å². The summed E-state index contributed by atoms with van der Waals surface area (Å²) in [5.74, 6) is -1.15. The Morgan fingerprint density at radius 3 is 2.48 bits per heavy atom. The Morgan fingerprint density at radius 2 is 1.80 bits per heavy atom. The van der Waals surface area contributed by atoms with Gasteiger partial charge >= 0.3 is 12.5 Å². The van der Waals surface area contributed by atoms with E-state index in [0.29, 0.717) is 17.6 Å². The van der Waals surface area contributed by atoms with Crippen LogP contribution in [0.2, 0.25) is 0 Å². The molecule has 1 saturated carbocycles. The molecule has 2 aliphatic heterocycles. The number of aromatic nitrogens is 2. The quantitative estimate of drug-likeness (QED) is 0.477. The van der Waals surface area contributed by atoms with Crippen LogP contribution in [0.5, 0.6) is 11.6 Å². The number of ketones is 1. The average molecular weight is 621 g/mol. The van der Waals surface area contributed by atoms with Crippen molar-refractivity contribution in [2.24, 2.45) is 17.3 Å². The molecule has 3 aliphatic rings. The van der Waals surface area contributed by atoms with Gasteiger partial charge in [-0.3, -0.25) is 9.59 Å². The molecule has 1 saturated heterocycles. The number of amides is 2. The van der Waals surface area contributed by atoms with Gasteiger partial charge in [0, 0.05) is 12.0 Å². The van der Waals surface area contributed by atoms with Crippen LogP contribution in [0.1, 0.15) is 72.4 Å². The number of benzene rings is 1. The van der Waals surface area contributed by atoms with Gasteiger partial charge in [-0.1, -0.05) is 40.5 Å². The van der Waals surface area contributed by atoms with Crippen LogP contribution >= 0.6 is 0 Å². The minimum atomic E-state index is -4.87. The second kappa shape index (κ2) is 12.0. The Kier molecular flexibility index (Phi) is 8.69. The summed E-state index contributed by atoms with van der Waals surface area (Å²) in [5, 5.41) is 2.76. The van der Waals surface area contributed by atoms with E-state index >= 15 is 0 Å². The molecule has 1 aromatic heterocycles. The first kappa shape index (κ1) is 31.8. The van der Waals surface area contributed by atoms with Gasteiger partial charge in [0.1, 0.15) is 29.7 Å². The Morgan fingerprint density at radius 1 is 1.05 bits per heavy atom. The monoisotopic (exact) mass is 620 g/mol. The van der Waals surface area contributed by atoms with Gasteiger partial charge in [0.25, 0.3) is 0 Å². The third-order valence-electron chi connectivity index (χ3n) is 8.64. The van der Waals surface area contributed by atoms with Crippen LogP contribution in [0.25, 0.3) is 11.0 Å². The molecule has 2 bridgehead atoms. The van der Waals surface area contributed by atoms with E-state index < -0.39 is 53.6 Å². The van der Waals surface area contributed by atoms with E-state index in [4.69, 9.17) is 14.5 Å².